The molecule has 0 amide bonds. The summed E-state index contributed by atoms with van der Waals surface area (Å²) in [6.07, 6.45) is -2.02. The van der Waals surface area contributed by atoms with Gasteiger partial charge in [0.1, 0.15) is 17.8 Å². The molecular weight excluding hydrogens is 276 g/mol. The van der Waals surface area contributed by atoms with Crippen LogP contribution in [0.25, 0.3) is 0 Å². The number of hydrogen-bond donors (Lipinski definition) is 1. The number of benzene rings is 1. The highest BCUT2D eigenvalue weighted by molar-refractivity contribution is 5.89. The van der Waals surface area contributed by atoms with Crippen molar-refractivity contribution < 1.29 is 28.9 Å². The second-order valence-electron chi connectivity index (χ2n) is 5.48. The maximum Gasteiger partial charge on any atom is 0.338 e. The monoisotopic (exact) mass is 292 g/mol. The number of carbonyl (C=O) groups is 2. The summed E-state index contributed by atoms with van der Waals surface area (Å²) in [5.41, 5.74) is -0.191. The Balaban J connectivity index is 1.70. The summed E-state index contributed by atoms with van der Waals surface area (Å²) in [5, 5.41) is 10.3. The van der Waals surface area contributed by atoms with E-state index >= 15 is 0 Å². The van der Waals surface area contributed by atoms with Gasteiger partial charge in [0.15, 0.2) is 6.10 Å². The first-order valence-corrected chi connectivity index (χ1v) is 6.75. The Morgan fingerprint density at radius 2 is 2.14 bits per heavy atom. The van der Waals surface area contributed by atoms with Gasteiger partial charge in [-0.15, -0.1) is 0 Å². The quantitative estimate of drug-likeness (QED) is 0.484. The summed E-state index contributed by atoms with van der Waals surface area (Å²) < 4.78 is 15.6. The maximum absolute atomic E-state index is 12.1. The van der Waals surface area contributed by atoms with Crippen LogP contribution >= 0.6 is 0 Å². The zero-order chi connectivity index (χ0) is 15.0. The molecule has 2 aliphatic rings. The van der Waals surface area contributed by atoms with E-state index in [0.717, 1.165) is 0 Å². The molecule has 0 spiro atoms. The molecule has 3 rings (SSSR count). The van der Waals surface area contributed by atoms with Crippen molar-refractivity contribution in [1.82, 2.24) is 0 Å². The van der Waals surface area contributed by atoms with E-state index in [1.807, 2.05) is 6.92 Å². The predicted octanol–water partition coefficient (Wildman–Crippen LogP) is 0.533. The van der Waals surface area contributed by atoms with Crippen molar-refractivity contribution in [3.8, 4) is 0 Å². The SMILES string of the molecule is C[C@]12O[C@H]1[C@@H](OC(=O)c1ccccc1)C(O)[C@@H]2COC=O. The van der Waals surface area contributed by atoms with Crippen molar-refractivity contribution in [2.24, 2.45) is 5.92 Å². The van der Waals surface area contributed by atoms with Crippen molar-refractivity contribution in [1.29, 1.82) is 0 Å². The van der Waals surface area contributed by atoms with Crippen molar-refractivity contribution in [2.75, 3.05) is 6.61 Å². The molecule has 2 fully saturated rings. The number of rotatable bonds is 5. The average molecular weight is 292 g/mol. The molecule has 1 N–H and O–H groups in total. The molecule has 0 bridgehead atoms. The van der Waals surface area contributed by atoms with E-state index in [1.165, 1.54) is 0 Å². The van der Waals surface area contributed by atoms with Crippen molar-refractivity contribution in [3.05, 3.63) is 35.9 Å². The Morgan fingerprint density at radius 1 is 1.43 bits per heavy atom. The van der Waals surface area contributed by atoms with E-state index in [-0.39, 0.29) is 12.7 Å². The van der Waals surface area contributed by atoms with Crippen molar-refractivity contribution in [2.45, 2.75) is 30.8 Å². The molecule has 5 atom stereocenters. The van der Waals surface area contributed by atoms with E-state index in [0.29, 0.717) is 12.0 Å². The first-order chi connectivity index (χ1) is 10.1. The number of ether oxygens (including phenoxy) is 3. The fourth-order valence-electron chi connectivity index (χ4n) is 2.98. The van der Waals surface area contributed by atoms with E-state index in [2.05, 4.69) is 0 Å². The zero-order valence-corrected chi connectivity index (χ0v) is 11.5. The van der Waals surface area contributed by atoms with Gasteiger partial charge >= 0.3 is 5.97 Å². The van der Waals surface area contributed by atoms with Gasteiger partial charge in [-0.3, -0.25) is 4.79 Å². The third kappa shape index (κ3) is 2.30. The molecule has 1 heterocycles. The van der Waals surface area contributed by atoms with Crippen LogP contribution in [0.4, 0.5) is 0 Å². The van der Waals surface area contributed by atoms with Crippen LogP contribution in [-0.4, -0.2) is 48.1 Å². The van der Waals surface area contributed by atoms with Crippen LogP contribution in [0.1, 0.15) is 17.3 Å². The van der Waals surface area contributed by atoms with Crippen LogP contribution in [0, 0.1) is 5.92 Å². The lowest BCUT2D eigenvalue weighted by atomic mass is 9.96. The Bertz CT molecular complexity index is 544. The fourth-order valence-corrected chi connectivity index (χ4v) is 2.98. The summed E-state index contributed by atoms with van der Waals surface area (Å²) in [6, 6.07) is 8.56. The van der Waals surface area contributed by atoms with Gasteiger partial charge in [0, 0.05) is 0 Å². The Morgan fingerprint density at radius 3 is 2.81 bits per heavy atom. The molecule has 112 valence electrons. The number of fused-ring (bicyclic) bond motifs is 1. The first kappa shape index (κ1) is 14.0. The molecule has 6 nitrogen and oxygen atoms in total. The standard InChI is InChI=1S/C15H16O6/c1-15-10(7-19-8-16)11(17)12(13(15)21-15)20-14(18)9-5-3-2-4-6-9/h2-6,8,10-13,17H,7H2,1H3/t10-,11?,12-,13-,15+/m0/s1. The molecule has 1 aromatic carbocycles. The topological polar surface area (TPSA) is 85.4 Å². The Hall–Kier alpha value is -1.92. The largest absolute Gasteiger partial charge is 0.467 e. The number of aliphatic hydroxyl groups excluding tert-OH is 1. The van der Waals surface area contributed by atoms with Gasteiger partial charge in [-0.25, -0.2) is 4.79 Å². The van der Waals surface area contributed by atoms with Gasteiger partial charge in [-0.2, -0.15) is 0 Å². The number of hydrogen-bond acceptors (Lipinski definition) is 6. The van der Waals surface area contributed by atoms with Crippen LogP contribution < -0.4 is 0 Å². The minimum atomic E-state index is -0.915. The molecule has 6 heteroatoms. The first-order valence-electron chi connectivity index (χ1n) is 6.75. The van der Waals surface area contributed by atoms with Gasteiger partial charge in [0.05, 0.1) is 18.1 Å². The van der Waals surface area contributed by atoms with Crippen molar-refractivity contribution in [3.63, 3.8) is 0 Å². The van der Waals surface area contributed by atoms with Gasteiger partial charge in [0.25, 0.3) is 6.47 Å². The van der Waals surface area contributed by atoms with E-state index < -0.39 is 29.7 Å². The van der Waals surface area contributed by atoms with Gasteiger partial charge in [0.2, 0.25) is 0 Å². The van der Waals surface area contributed by atoms with E-state index in [9.17, 15) is 14.7 Å². The van der Waals surface area contributed by atoms with Crippen LogP contribution in [0.2, 0.25) is 0 Å². The van der Waals surface area contributed by atoms with E-state index in [1.54, 1.807) is 30.3 Å². The molecule has 1 aliphatic carbocycles. The fraction of sp³-hybridized carbons (Fsp3) is 0.467. The second kappa shape index (κ2) is 5.13. The molecule has 1 saturated heterocycles. The number of aliphatic hydroxyl groups is 1. The summed E-state index contributed by atoms with van der Waals surface area (Å²) in [7, 11) is 0. The van der Waals surface area contributed by atoms with Crippen LogP contribution in [0.5, 0.6) is 0 Å². The molecule has 1 aliphatic heterocycles. The van der Waals surface area contributed by atoms with Crippen LogP contribution in [-0.2, 0) is 19.0 Å². The zero-order valence-electron chi connectivity index (χ0n) is 11.5. The number of esters is 1. The summed E-state index contributed by atoms with van der Waals surface area (Å²) in [4.78, 5) is 22.4. The van der Waals surface area contributed by atoms with Crippen LogP contribution in [0.3, 0.4) is 0 Å². The lowest BCUT2D eigenvalue weighted by molar-refractivity contribution is -0.134. The Labute approximate surface area is 121 Å². The Kier molecular flexibility index (Phi) is 3.43. The minimum Gasteiger partial charge on any atom is -0.467 e. The minimum absolute atomic E-state index is 0.0387. The highest BCUT2D eigenvalue weighted by Crippen LogP contribution is 2.54. The molecular formula is C15H16O6. The number of epoxide rings is 1. The van der Waals surface area contributed by atoms with Gasteiger partial charge < -0.3 is 19.3 Å². The van der Waals surface area contributed by atoms with Gasteiger partial charge in [-0.1, -0.05) is 18.2 Å². The number of carbonyl (C=O) groups excluding carboxylic acids is 2. The predicted molar refractivity (Wildman–Crippen MR) is 70.4 cm³/mol. The smallest absolute Gasteiger partial charge is 0.338 e. The molecule has 1 unspecified atom stereocenters. The molecule has 1 saturated carbocycles. The normalized spacial score (nSPS) is 36.7. The van der Waals surface area contributed by atoms with Gasteiger partial charge in [-0.05, 0) is 19.1 Å². The highest BCUT2D eigenvalue weighted by Gasteiger charge is 2.72. The average Bonchev–Trinajstić information content (AvgIpc) is 3.12. The second-order valence-corrected chi connectivity index (χ2v) is 5.48. The highest BCUT2D eigenvalue weighted by atomic mass is 16.7. The van der Waals surface area contributed by atoms with Crippen molar-refractivity contribution >= 4 is 12.4 Å². The lowest BCUT2D eigenvalue weighted by Crippen LogP contribution is -2.38. The van der Waals surface area contributed by atoms with Crippen LogP contribution in [0.15, 0.2) is 30.3 Å². The molecule has 0 radical (unpaired) electrons. The third-order valence-electron chi connectivity index (χ3n) is 4.27. The summed E-state index contributed by atoms with van der Waals surface area (Å²) in [5.74, 6) is -0.907. The van der Waals surface area contributed by atoms with E-state index in [4.69, 9.17) is 14.2 Å². The molecule has 21 heavy (non-hydrogen) atoms. The molecule has 1 aromatic rings. The maximum atomic E-state index is 12.1. The third-order valence-corrected chi connectivity index (χ3v) is 4.27. The summed E-state index contributed by atoms with van der Waals surface area (Å²) in [6.45, 7) is 2.18. The summed E-state index contributed by atoms with van der Waals surface area (Å²) >= 11 is 0. The molecule has 0 aromatic heterocycles. The lowest BCUT2D eigenvalue weighted by Gasteiger charge is -2.24.